The molecule has 0 aromatic heterocycles. The van der Waals surface area contributed by atoms with Gasteiger partial charge in [-0.25, -0.2) is 0 Å². The van der Waals surface area contributed by atoms with E-state index >= 15 is 0 Å². The van der Waals surface area contributed by atoms with Gasteiger partial charge in [-0.3, -0.25) is 4.79 Å². The lowest BCUT2D eigenvalue weighted by Crippen LogP contribution is -3.18. The molecule has 4 heteroatoms. The van der Waals surface area contributed by atoms with E-state index in [9.17, 15) is 4.79 Å². The summed E-state index contributed by atoms with van der Waals surface area (Å²) in [7, 11) is 0. The van der Waals surface area contributed by atoms with E-state index in [2.05, 4.69) is 25.2 Å². The average molecular weight is 277 g/mol. The van der Waals surface area contributed by atoms with E-state index in [0.717, 1.165) is 32.0 Å². The molecule has 1 saturated heterocycles. The lowest BCUT2D eigenvalue weighted by atomic mass is 10.0. The molecule has 0 aliphatic carbocycles. The lowest BCUT2D eigenvalue weighted by molar-refractivity contribution is -0.921. The first-order valence-electron chi connectivity index (χ1n) is 7.41. The minimum Gasteiger partial charge on any atom is -0.370 e. The first-order chi connectivity index (χ1) is 9.59. The first kappa shape index (κ1) is 15.0. The third-order valence-corrected chi connectivity index (χ3v) is 3.98. The van der Waals surface area contributed by atoms with Gasteiger partial charge in [0.05, 0.1) is 13.2 Å². The van der Waals surface area contributed by atoms with Crippen molar-refractivity contribution in [1.29, 1.82) is 0 Å². The number of para-hydroxylation sites is 1. The van der Waals surface area contributed by atoms with Crippen molar-refractivity contribution in [2.45, 2.75) is 32.7 Å². The van der Waals surface area contributed by atoms with Gasteiger partial charge in [-0.15, -0.1) is 0 Å². The molecule has 2 rings (SSSR count). The Bertz CT molecular complexity index is 454. The molecular weight excluding hydrogens is 252 g/mol. The summed E-state index contributed by atoms with van der Waals surface area (Å²) in [5.74, 6) is 0.493. The number of rotatable bonds is 4. The average Bonchev–Trinajstić information content (AvgIpc) is 2.47. The molecular formula is C16H25N2O2+. The predicted molar refractivity (Wildman–Crippen MR) is 80.1 cm³/mol. The first-order valence-corrected chi connectivity index (χ1v) is 7.41. The van der Waals surface area contributed by atoms with Gasteiger partial charge in [-0.1, -0.05) is 32.0 Å². The van der Waals surface area contributed by atoms with E-state index < -0.39 is 0 Å². The smallest absolute Gasteiger partial charge is 0.282 e. The highest BCUT2D eigenvalue weighted by molar-refractivity contribution is 5.94. The Hall–Kier alpha value is -1.39. The molecule has 0 radical (unpaired) electrons. The van der Waals surface area contributed by atoms with Gasteiger partial charge in [0, 0.05) is 5.69 Å². The van der Waals surface area contributed by atoms with Crippen molar-refractivity contribution in [2.75, 3.05) is 31.6 Å². The molecule has 20 heavy (non-hydrogen) atoms. The van der Waals surface area contributed by atoms with Crippen LogP contribution >= 0.6 is 0 Å². The lowest BCUT2D eigenvalue weighted by Gasteiger charge is -2.28. The minimum atomic E-state index is -0.0425. The number of hydrogen-bond donors (Lipinski definition) is 2. The van der Waals surface area contributed by atoms with Gasteiger partial charge in [0.25, 0.3) is 5.91 Å². The summed E-state index contributed by atoms with van der Waals surface area (Å²) in [6.07, 6.45) is 0. The standard InChI is InChI=1S/C16H24N2O2/c1-12(2)14-6-4-5-7-15(14)17-16(19)13(3)18-8-10-20-11-9-18/h4-7,12-13H,8-11H2,1-3H3,(H,17,19)/p+1/t13-/m1/s1. The second-order valence-corrected chi connectivity index (χ2v) is 5.72. The molecule has 110 valence electrons. The monoisotopic (exact) mass is 277 g/mol. The van der Waals surface area contributed by atoms with E-state index in [1.807, 2.05) is 25.1 Å². The van der Waals surface area contributed by atoms with Crippen LogP contribution in [0.1, 0.15) is 32.3 Å². The molecule has 1 amide bonds. The molecule has 4 nitrogen and oxygen atoms in total. The number of anilines is 1. The van der Waals surface area contributed by atoms with Crippen LogP contribution < -0.4 is 10.2 Å². The number of carbonyl (C=O) groups excluding carboxylic acids is 1. The molecule has 1 atom stereocenters. The SMILES string of the molecule is CC(C)c1ccccc1NC(=O)[C@@H](C)[NH+]1CCOCC1. The second kappa shape index (κ2) is 6.86. The van der Waals surface area contributed by atoms with Crippen LogP contribution in [-0.4, -0.2) is 38.3 Å². The Kier molecular flexibility index (Phi) is 5.15. The van der Waals surface area contributed by atoms with E-state index in [1.165, 1.54) is 10.5 Å². The van der Waals surface area contributed by atoms with Crippen LogP contribution in [0.25, 0.3) is 0 Å². The number of ether oxygens (including phenoxy) is 1. The highest BCUT2D eigenvalue weighted by Crippen LogP contribution is 2.23. The number of amides is 1. The van der Waals surface area contributed by atoms with Crippen molar-refractivity contribution >= 4 is 11.6 Å². The highest BCUT2D eigenvalue weighted by Gasteiger charge is 2.27. The van der Waals surface area contributed by atoms with E-state index in [4.69, 9.17) is 4.74 Å². The third-order valence-electron chi connectivity index (χ3n) is 3.98. The van der Waals surface area contributed by atoms with Gasteiger partial charge in [0.1, 0.15) is 13.1 Å². The molecule has 2 N–H and O–H groups in total. The molecule has 0 unspecified atom stereocenters. The van der Waals surface area contributed by atoms with Crippen LogP contribution in [0.15, 0.2) is 24.3 Å². The molecule has 1 aromatic carbocycles. The Morgan fingerprint density at radius 3 is 2.50 bits per heavy atom. The fraction of sp³-hybridized carbons (Fsp3) is 0.562. The summed E-state index contributed by atoms with van der Waals surface area (Å²) in [4.78, 5) is 13.7. The largest absolute Gasteiger partial charge is 0.370 e. The fourth-order valence-corrected chi connectivity index (χ4v) is 2.61. The third kappa shape index (κ3) is 3.58. The van der Waals surface area contributed by atoms with Crippen LogP contribution in [0.5, 0.6) is 0 Å². The number of hydrogen-bond acceptors (Lipinski definition) is 2. The summed E-state index contributed by atoms with van der Waals surface area (Å²) in [6, 6.07) is 8.00. The van der Waals surface area contributed by atoms with Crippen molar-refractivity contribution in [3.05, 3.63) is 29.8 Å². The molecule has 1 fully saturated rings. The van der Waals surface area contributed by atoms with E-state index in [0.29, 0.717) is 5.92 Å². The van der Waals surface area contributed by atoms with Crippen LogP contribution in [-0.2, 0) is 9.53 Å². The van der Waals surface area contributed by atoms with E-state index in [-0.39, 0.29) is 11.9 Å². The zero-order chi connectivity index (χ0) is 14.5. The van der Waals surface area contributed by atoms with Gasteiger partial charge in [-0.2, -0.15) is 0 Å². The molecule has 1 heterocycles. The highest BCUT2D eigenvalue weighted by atomic mass is 16.5. The molecule has 0 spiro atoms. The topological polar surface area (TPSA) is 42.8 Å². The van der Waals surface area contributed by atoms with Gasteiger partial charge >= 0.3 is 0 Å². The van der Waals surface area contributed by atoms with Crippen LogP contribution in [0.2, 0.25) is 0 Å². The number of benzene rings is 1. The van der Waals surface area contributed by atoms with Crippen LogP contribution in [0.3, 0.4) is 0 Å². The molecule has 0 bridgehead atoms. The Balaban J connectivity index is 2.03. The van der Waals surface area contributed by atoms with Crippen molar-refractivity contribution in [2.24, 2.45) is 0 Å². The van der Waals surface area contributed by atoms with Crippen molar-refractivity contribution < 1.29 is 14.4 Å². The van der Waals surface area contributed by atoms with Gasteiger partial charge in [0.15, 0.2) is 6.04 Å². The van der Waals surface area contributed by atoms with Crippen LogP contribution in [0.4, 0.5) is 5.69 Å². The minimum absolute atomic E-state index is 0.0425. The zero-order valence-electron chi connectivity index (χ0n) is 12.6. The van der Waals surface area contributed by atoms with E-state index in [1.54, 1.807) is 0 Å². The van der Waals surface area contributed by atoms with Crippen molar-refractivity contribution in [1.82, 2.24) is 0 Å². The normalized spacial score (nSPS) is 18.0. The number of quaternary nitrogens is 1. The maximum Gasteiger partial charge on any atom is 0.282 e. The summed E-state index contributed by atoms with van der Waals surface area (Å²) in [5, 5.41) is 3.09. The summed E-state index contributed by atoms with van der Waals surface area (Å²) < 4.78 is 5.35. The molecule has 1 aliphatic heterocycles. The van der Waals surface area contributed by atoms with Crippen molar-refractivity contribution in [3.63, 3.8) is 0 Å². The zero-order valence-corrected chi connectivity index (χ0v) is 12.6. The molecule has 1 aromatic rings. The maximum atomic E-state index is 12.4. The second-order valence-electron chi connectivity index (χ2n) is 5.72. The van der Waals surface area contributed by atoms with Gasteiger partial charge in [0.2, 0.25) is 0 Å². The summed E-state index contributed by atoms with van der Waals surface area (Å²) in [6.45, 7) is 9.57. The molecule has 0 saturated carbocycles. The molecule has 1 aliphatic rings. The maximum absolute atomic E-state index is 12.4. The fourth-order valence-electron chi connectivity index (χ4n) is 2.61. The van der Waals surface area contributed by atoms with Crippen LogP contribution in [0, 0.1) is 0 Å². The number of carbonyl (C=O) groups is 1. The van der Waals surface area contributed by atoms with Gasteiger partial charge < -0.3 is 15.0 Å². The van der Waals surface area contributed by atoms with Gasteiger partial charge in [-0.05, 0) is 24.5 Å². The predicted octanol–water partition coefficient (Wildman–Crippen LogP) is 1.05. The van der Waals surface area contributed by atoms with Crippen molar-refractivity contribution in [3.8, 4) is 0 Å². The summed E-state index contributed by atoms with van der Waals surface area (Å²) in [5.41, 5.74) is 2.12. The Morgan fingerprint density at radius 1 is 1.20 bits per heavy atom. The number of nitrogens with one attached hydrogen (secondary N) is 2. The Labute approximate surface area is 121 Å². The Morgan fingerprint density at radius 2 is 1.85 bits per heavy atom. The number of morpholine rings is 1. The summed E-state index contributed by atoms with van der Waals surface area (Å²) >= 11 is 0. The quantitative estimate of drug-likeness (QED) is 0.864.